The highest BCUT2D eigenvalue weighted by Crippen LogP contribution is 2.16. The molecule has 112 valence electrons. The van der Waals surface area contributed by atoms with Gasteiger partial charge in [-0.2, -0.15) is 4.72 Å². The van der Waals surface area contributed by atoms with Gasteiger partial charge in [0.25, 0.3) is 0 Å². The van der Waals surface area contributed by atoms with Crippen molar-refractivity contribution in [3.05, 3.63) is 24.3 Å². The summed E-state index contributed by atoms with van der Waals surface area (Å²) in [6, 6.07) is 4.73. The summed E-state index contributed by atoms with van der Waals surface area (Å²) >= 11 is 0. The fourth-order valence-electron chi connectivity index (χ4n) is 1.66. The first-order valence-corrected chi connectivity index (χ1v) is 7.87. The van der Waals surface area contributed by atoms with Crippen LogP contribution in [0.2, 0.25) is 0 Å². The standard InChI is InChI=1S/C13H19NO5S/c1-3-5-12(13(15)16)14-20(17,18)11-8-6-10(7-9-11)19-4-2/h6-9,12,14H,3-5H2,1-2H3,(H,15,16)/t12-/m0/s1. The topological polar surface area (TPSA) is 92.7 Å². The van der Waals surface area contributed by atoms with Gasteiger partial charge in [0.1, 0.15) is 11.8 Å². The quantitative estimate of drug-likeness (QED) is 0.761. The van der Waals surface area contributed by atoms with Crippen molar-refractivity contribution in [2.24, 2.45) is 0 Å². The van der Waals surface area contributed by atoms with Crippen molar-refractivity contribution < 1.29 is 23.1 Å². The lowest BCUT2D eigenvalue weighted by atomic mass is 10.2. The molecule has 0 saturated carbocycles. The average molecular weight is 301 g/mol. The van der Waals surface area contributed by atoms with Crippen LogP contribution >= 0.6 is 0 Å². The summed E-state index contributed by atoms with van der Waals surface area (Å²) in [5, 5.41) is 8.98. The molecular formula is C13H19NO5S. The second-order valence-corrected chi connectivity index (χ2v) is 5.92. The largest absolute Gasteiger partial charge is 0.494 e. The van der Waals surface area contributed by atoms with Crippen LogP contribution in [0.5, 0.6) is 5.75 Å². The van der Waals surface area contributed by atoms with E-state index in [9.17, 15) is 13.2 Å². The molecule has 0 aliphatic carbocycles. The summed E-state index contributed by atoms with van der Waals surface area (Å²) < 4.78 is 31.6. The lowest BCUT2D eigenvalue weighted by Gasteiger charge is -2.14. The zero-order chi connectivity index (χ0) is 15.2. The number of carbonyl (C=O) groups is 1. The Bertz CT molecular complexity index is 538. The number of ether oxygens (including phenoxy) is 1. The van der Waals surface area contributed by atoms with Crippen LogP contribution in [0.3, 0.4) is 0 Å². The predicted molar refractivity (Wildman–Crippen MR) is 74.3 cm³/mol. The molecule has 2 N–H and O–H groups in total. The third-order valence-electron chi connectivity index (χ3n) is 2.62. The minimum Gasteiger partial charge on any atom is -0.494 e. The van der Waals surface area contributed by atoms with E-state index in [1.807, 2.05) is 6.92 Å². The Kier molecular flexibility index (Phi) is 5.97. The molecule has 0 aliphatic heterocycles. The zero-order valence-electron chi connectivity index (χ0n) is 11.5. The molecular weight excluding hydrogens is 282 g/mol. The van der Waals surface area contributed by atoms with Crippen molar-refractivity contribution in [3.8, 4) is 5.75 Å². The van der Waals surface area contributed by atoms with Crippen LogP contribution in [0.15, 0.2) is 29.2 Å². The van der Waals surface area contributed by atoms with E-state index in [1.165, 1.54) is 24.3 Å². The van der Waals surface area contributed by atoms with E-state index in [1.54, 1.807) is 6.92 Å². The molecule has 0 bridgehead atoms. The fourth-order valence-corrected chi connectivity index (χ4v) is 2.88. The van der Waals surface area contributed by atoms with E-state index < -0.39 is 22.0 Å². The van der Waals surface area contributed by atoms with Crippen LogP contribution in [0.25, 0.3) is 0 Å². The highest BCUT2D eigenvalue weighted by Gasteiger charge is 2.24. The Morgan fingerprint density at radius 1 is 1.30 bits per heavy atom. The molecule has 7 heteroatoms. The second kappa shape index (κ2) is 7.25. The van der Waals surface area contributed by atoms with Gasteiger partial charge in [-0.05, 0) is 37.6 Å². The third kappa shape index (κ3) is 4.50. The fraction of sp³-hybridized carbons (Fsp3) is 0.462. The van der Waals surface area contributed by atoms with Crippen LogP contribution in [-0.4, -0.2) is 32.1 Å². The number of rotatable bonds is 8. The maximum absolute atomic E-state index is 12.1. The van der Waals surface area contributed by atoms with Crippen LogP contribution < -0.4 is 9.46 Å². The van der Waals surface area contributed by atoms with E-state index in [0.29, 0.717) is 18.8 Å². The molecule has 1 atom stereocenters. The Balaban J connectivity index is 2.89. The van der Waals surface area contributed by atoms with Gasteiger partial charge >= 0.3 is 5.97 Å². The van der Waals surface area contributed by atoms with Crippen LogP contribution in [-0.2, 0) is 14.8 Å². The summed E-state index contributed by atoms with van der Waals surface area (Å²) in [5.74, 6) is -0.615. The lowest BCUT2D eigenvalue weighted by molar-refractivity contribution is -0.139. The molecule has 0 saturated heterocycles. The number of carboxylic acids is 1. The molecule has 1 rings (SSSR count). The van der Waals surface area contributed by atoms with Crippen molar-refractivity contribution in [1.82, 2.24) is 4.72 Å². The van der Waals surface area contributed by atoms with Crippen molar-refractivity contribution in [2.75, 3.05) is 6.61 Å². The number of aliphatic carboxylic acids is 1. The second-order valence-electron chi connectivity index (χ2n) is 4.21. The van der Waals surface area contributed by atoms with Crippen molar-refractivity contribution in [2.45, 2.75) is 37.6 Å². The minimum absolute atomic E-state index is 0.0170. The number of hydrogen-bond donors (Lipinski definition) is 2. The van der Waals surface area contributed by atoms with Gasteiger partial charge in [-0.1, -0.05) is 13.3 Å². The first kappa shape index (κ1) is 16.5. The van der Waals surface area contributed by atoms with E-state index in [-0.39, 0.29) is 11.3 Å². The Morgan fingerprint density at radius 2 is 1.90 bits per heavy atom. The zero-order valence-corrected chi connectivity index (χ0v) is 12.3. The summed E-state index contributed by atoms with van der Waals surface area (Å²) in [6.07, 6.45) is 0.814. The molecule has 0 amide bonds. The number of benzene rings is 1. The highest BCUT2D eigenvalue weighted by atomic mass is 32.2. The molecule has 20 heavy (non-hydrogen) atoms. The minimum atomic E-state index is -3.84. The number of nitrogens with one attached hydrogen (secondary N) is 1. The van der Waals surface area contributed by atoms with Gasteiger partial charge < -0.3 is 9.84 Å². The first-order valence-electron chi connectivity index (χ1n) is 6.38. The van der Waals surface area contributed by atoms with E-state index in [2.05, 4.69) is 4.72 Å². The molecule has 0 radical (unpaired) electrons. The summed E-state index contributed by atoms with van der Waals surface area (Å²) in [7, 11) is -3.84. The maximum atomic E-state index is 12.1. The molecule has 0 aliphatic rings. The maximum Gasteiger partial charge on any atom is 0.321 e. The van der Waals surface area contributed by atoms with Gasteiger partial charge in [0, 0.05) is 0 Å². The number of carboxylic acid groups (broad SMARTS) is 1. The van der Waals surface area contributed by atoms with Gasteiger partial charge in [0.05, 0.1) is 11.5 Å². The van der Waals surface area contributed by atoms with Crippen LogP contribution in [0.1, 0.15) is 26.7 Å². The van der Waals surface area contributed by atoms with Crippen molar-refractivity contribution in [1.29, 1.82) is 0 Å². The normalized spacial score (nSPS) is 12.9. The van der Waals surface area contributed by atoms with Gasteiger partial charge in [-0.3, -0.25) is 4.79 Å². The molecule has 1 aromatic rings. The smallest absolute Gasteiger partial charge is 0.321 e. The Morgan fingerprint density at radius 3 is 2.35 bits per heavy atom. The SMILES string of the molecule is CCC[C@H](NS(=O)(=O)c1ccc(OCC)cc1)C(=O)O. The van der Waals surface area contributed by atoms with Gasteiger partial charge in [-0.15, -0.1) is 0 Å². The lowest BCUT2D eigenvalue weighted by Crippen LogP contribution is -2.40. The van der Waals surface area contributed by atoms with E-state index >= 15 is 0 Å². The molecule has 0 aromatic heterocycles. The van der Waals surface area contributed by atoms with Gasteiger partial charge in [0.15, 0.2) is 0 Å². The third-order valence-corrected chi connectivity index (χ3v) is 4.11. The molecule has 0 spiro atoms. The van der Waals surface area contributed by atoms with E-state index in [0.717, 1.165) is 0 Å². The molecule has 0 fully saturated rings. The molecule has 1 aromatic carbocycles. The first-order chi connectivity index (χ1) is 9.40. The van der Waals surface area contributed by atoms with Gasteiger partial charge in [0.2, 0.25) is 10.0 Å². The van der Waals surface area contributed by atoms with Gasteiger partial charge in [-0.25, -0.2) is 8.42 Å². The van der Waals surface area contributed by atoms with E-state index in [4.69, 9.17) is 9.84 Å². The molecule has 0 heterocycles. The Hall–Kier alpha value is -1.60. The summed E-state index contributed by atoms with van der Waals surface area (Å²) in [4.78, 5) is 11.0. The van der Waals surface area contributed by atoms with Crippen LogP contribution in [0.4, 0.5) is 0 Å². The monoisotopic (exact) mass is 301 g/mol. The van der Waals surface area contributed by atoms with Crippen molar-refractivity contribution >= 4 is 16.0 Å². The predicted octanol–water partition coefficient (Wildman–Crippen LogP) is 1.62. The van der Waals surface area contributed by atoms with Crippen molar-refractivity contribution in [3.63, 3.8) is 0 Å². The Labute approximate surface area is 118 Å². The molecule has 0 unspecified atom stereocenters. The molecule has 6 nitrogen and oxygen atoms in total. The summed E-state index contributed by atoms with van der Waals surface area (Å²) in [5.41, 5.74) is 0. The number of hydrogen-bond acceptors (Lipinski definition) is 4. The number of sulfonamides is 1. The van der Waals surface area contributed by atoms with Crippen LogP contribution in [0, 0.1) is 0 Å². The summed E-state index contributed by atoms with van der Waals surface area (Å²) in [6.45, 7) is 4.11. The highest BCUT2D eigenvalue weighted by molar-refractivity contribution is 7.89. The average Bonchev–Trinajstić information content (AvgIpc) is 2.39.